The van der Waals surface area contributed by atoms with Gasteiger partial charge in [0.25, 0.3) is 0 Å². The zero-order chi connectivity index (χ0) is 21.9. The normalized spacial score (nSPS) is 18.9. The first-order valence-corrected chi connectivity index (χ1v) is 11.4. The molecule has 9 heteroatoms. The van der Waals surface area contributed by atoms with Crippen LogP contribution >= 0.6 is 0 Å². The summed E-state index contributed by atoms with van der Waals surface area (Å²) in [5, 5.41) is 2.79. The Hall–Kier alpha value is -2.78. The highest BCUT2D eigenvalue weighted by atomic mass is 32.2. The Morgan fingerprint density at radius 3 is 2.40 bits per heavy atom. The molecule has 0 aromatic heterocycles. The molecule has 162 valence electrons. The van der Waals surface area contributed by atoms with Gasteiger partial charge in [0.05, 0.1) is 27.0 Å². The number of carbonyl (C=O) groups excluding carboxylic acids is 1. The molecule has 1 aliphatic rings. The molecule has 1 heterocycles. The number of hydrogen-bond acceptors (Lipinski definition) is 5. The Morgan fingerprint density at radius 2 is 1.83 bits per heavy atom. The monoisotopic (exact) mass is 433 g/mol. The number of rotatable bonds is 8. The van der Waals surface area contributed by atoms with Gasteiger partial charge in [-0.15, -0.1) is 0 Å². The molecular formula is C21H27N3O5S. The van der Waals surface area contributed by atoms with Crippen LogP contribution in [0.2, 0.25) is 0 Å². The summed E-state index contributed by atoms with van der Waals surface area (Å²) in [7, 11) is -0.442. The second kappa shape index (κ2) is 8.53. The lowest BCUT2D eigenvalue weighted by Crippen LogP contribution is -2.57. The number of benzene rings is 2. The van der Waals surface area contributed by atoms with E-state index in [-0.39, 0.29) is 12.6 Å². The van der Waals surface area contributed by atoms with E-state index in [1.165, 1.54) is 0 Å². The number of ether oxygens (including phenoxy) is 2. The predicted molar refractivity (Wildman–Crippen MR) is 114 cm³/mol. The molecule has 2 aromatic rings. The Labute approximate surface area is 177 Å². The van der Waals surface area contributed by atoms with Crippen LogP contribution in [0.15, 0.2) is 42.5 Å². The van der Waals surface area contributed by atoms with Gasteiger partial charge in [-0.25, -0.2) is 13.2 Å². The number of methoxy groups -OCH3 is 2. The number of urea groups is 1. The van der Waals surface area contributed by atoms with E-state index in [1.54, 1.807) is 31.3 Å². The molecule has 1 unspecified atom stereocenters. The molecule has 1 saturated heterocycles. The zero-order valence-corrected chi connectivity index (χ0v) is 18.4. The first kappa shape index (κ1) is 21.9. The van der Waals surface area contributed by atoms with Gasteiger partial charge in [-0.05, 0) is 54.3 Å². The van der Waals surface area contributed by atoms with Gasteiger partial charge in [0.1, 0.15) is 11.5 Å². The highest BCUT2D eigenvalue weighted by Crippen LogP contribution is 2.33. The van der Waals surface area contributed by atoms with Crippen molar-refractivity contribution in [2.75, 3.05) is 33.6 Å². The molecule has 0 aliphatic carbocycles. The van der Waals surface area contributed by atoms with Crippen molar-refractivity contribution >= 4 is 16.1 Å². The zero-order valence-electron chi connectivity index (χ0n) is 17.6. The smallest absolute Gasteiger partial charge is 0.319 e. The highest BCUT2D eigenvalue weighted by molar-refractivity contribution is 7.88. The molecule has 1 aliphatic heterocycles. The van der Waals surface area contributed by atoms with Gasteiger partial charge < -0.3 is 14.8 Å². The van der Waals surface area contributed by atoms with E-state index < -0.39 is 15.7 Å². The van der Waals surface area contributed by atoms with Crippen LogP contribution in [0, 0.1) is 6.92 Å². The van der Waals surface area contributed by atoms with Crippen molar-refractivity contribution in [2.24, 2.45) is 0 Å². The number of amides is 2. The summed E-state index contributed by atoms with van der Waals surface area (Å²) in [4.78, 5) is 14.3. The van der Waals surface area contributed by atoms with E-state index in [0.29, 0.717) is 24.3 Å². The summed E-state index contributed by atoms with van der Waals surface area (Å²) in [6, 6.07) is 12.6. The Balaban J connectivity index is 1.96. The molecule has 3 rings (SSSR count). The third-order valence-electron chi connectivity index (χ3n) is 5.21. The SMILES string of the molecule is COc1ccc(CCN2C(=O)NCC2(NS(C)(=O)=O)c2ccc(OC)c(C)c2)cc1. The van der Waals surface area contributed by atoms with E-state index >= 15 is 0 Å². The lowest BCUT2D eigenvalue weighted by Gasteiger charge is -2.38. The molecule has 30 heavy (non-hydrogen) atoms. The van der Waals surface area contributed by atoms with Gasteiger partial charge in [-0.2, -0.15) is 4.72 Å². The van der Waals surface area contributed by atoms with Crippen molar-refractivity contribution in [1.29, 1.82) is 0 Å². The standard InChI is InChI=1S/C21H27N3O5S/c1-15-13-17(7-10-19(15)29-3)21(23-30(4,26)27)14-22-20(25)24(21)12-11-16-5-8-18(28-2)9-6-16/h5-10,13,23H,11-12,14H2,1-4H3,(H,22,25). The molecule has 2 aromatic carbocycles. The van der Waals surface area contributed by atoms with Crippen molar-refractivity contribution < 1.29 is 22.7 Å². The average Bonchev–Trinajstić information content (AvgIpc) is 3.01. The summed E-state index contributed by atoms with van der Waals surface area (Å²) in [5.74, 6) is 1.44. The average molecular weight is 434 g/mol. The Bertz CT molecular complexity index is 1020. The minimum atomic E-state index is -3.62. The first-order valence-electron chi connectivity index (χ1n) is 9.51. The van der Waals surface area contributed by atoms with Crippen molar-refractivity contribution in [3.05, 3.63) is 59.2 Å². The fourth-order valence-electron chi connectivity index (χ4n) is 3.74. The van der Waals surface area contributed by atoms with Crippen LogP contribution in [0.3, 0.4) is 0 Å². The maximum atomic E-state index is 12.7. The molecular weight excluding hydrogens is 406 g/mol. The van der Waals surface area contributed by atoms with E-state index in [0.717, 1.165) is 23.1 Å². The minimum Gasteiger partial charge on any atom is -0.497 e. The number of nitrogens with one attached hydrogen (secondary N) is 2. The molecule has 1 fully saturated rings. The molecule has 0 saturated carbocycles. The molecule has 0 radical (unpaired) electrons. The predicted octanol–water partition coefficient (Wildman–Crippen LogP) is 1.98. The molecule has 8 nitrogen and oxygen atoms in total. The van der Waals surface area contributed by atoms with E-state index in [9.17, 15) is 13.2 Å². The van der Waals surface area contributed by atoms with Crippen LogP contribution in [0.25, 0.3) is 0 Å². The topological polar surface area (TPSA) is 97.0 Å². The summed E-state index contributed by atoms with van der Waals surface area (Å²) in [5.41, 5.74) is 1.29. The van der Waals surface area contributed by atoms with Crippen molar-refractivity contribution in [3.63, 3.8) is 0 Å². The summed E-state index contributed by atoms with van der Waals surface area (Å²) < 4.78 is 37.7. The van der Waals surface area contributed by atoms with Crippen LogP contribution in [0.4, 0.5) is 4.79 Å². The lowest BCUT2D eigenvalue weighted by molar-refractivity contribution is 0.147. The number of nitrogens with zero attached hydrogens (tertiary/aromatic N) is 1. The quantitative estimate of drug-likeness (QED) is 0.664. The van der Waals surface area contributed by atoms with Crippen molar-refractivity contribution in [1.82, 2.24) is 14.9 Å². The van der Waals surface area contributed by atoms with Crippen LogP contribution < -0.4 is 19.5 Å². The van der Waals surface area contributed by atoms with E-state index in [4.69, 9.17) is 9.47 Å². The highest BCUT2D eigenvalue weighted by Gasteiger charge is 2.48. The van der Waals surface area contributed by atoms with Crippen LogP contribution in [0.1, 0.15) is 16.7 Å². The number of hydrogen-bond donors (Lipinski definition) is 2. The second-order valence-electron chi connectivity index (χ2n) is 7.33. The lowest BCUT2D eigenvalue weighted by atomic mass is 9.97. The second-order valence-corrected chi connectivity index (χ2v) is 9.08. The molecule has 1 atom stereocenters. The van der Waals surface area contributed by atoms with Crippen LogP contribution in [-0.2, 0) is 22.1 Å². The number of carbonyl (C=O) groups is 1. The maximum Gasteiger partial charge on any atom is 0.319 e. The third kappa shape index (κ3) is 4.52. The van der Waals surface area contributed by atoms with Crippen LogP contribution in [0.5, 0.6) is 11.5 Å². The fraction of sp³-hybridized carbons (Fsp3) is 0.381. The molecule has 0 bridgehead atoms. The third-order valence-corrected chi connectivity index (χ3v) is 5.92. The van der Waals surface area contributed by atoms with Crippen molar-refractivity contribution in [2.45, 2.75) is 19.0 Å². The van der Waals surface area contributed by atoms with E-state index in [2.05, 4.69) is 10.0 Å². The molecule has 2 N–H and O–H groups in total. The summed E-state index contributed by atoms with van der Waals surface area (Å²) in [6.45, 7) is 2.32. The Morgan fingerprint density at radius 1 is 1.13 bits per heavy atom. The Kier molecular flexibility index (Phi) is 6.23. The van der Waals surface area contributed by atoms with Gasteiger partial charge in [0, 0.05) is 6.54 Å². The van der Waals surface area contributed by atoms with Gasteiger partial charge in [-0.1, -0.05) is 18.2 Å². The number of sulfonamides is 1. The summed E-state index contributed by atoms with van der Waals surface area (Å²) in [6.07, 6.45) is 1.65. The van der Waals surface area contributed by atoms with Crippen molar-refractivity contribution in [3.8, 4) is 11.5 Å². The van der Waals surface area contributed by atoms with Gasteiger partial charge in [0.15, 0.2) is 5.66 Å². The fourth-order valence-corrected chi connectivity index (χ4v) is 4.66. The molecule has 0 spiro atoms. The van der Waals surface area contributed by atoms with Gasteiger partial charge in [-0.3, -0.25) is 4.90 Å². The minimum absolute atomic E-state index is 0.118. The maximum absolute atomic E-state index is 12.7. The van der Waals surface area contributed by atoms with E-state index in [1.807, 2.05) is 37.3 Å². The van der Waals surface area contributed by atoms with Crippen LogP contribution in [-0.4, -0.2) is 52.9 Å². The van der Waals surface area contributed by atoms with Gasteiger partial charge >= 0.3 is 6.03 Å². The van der Waals surface area contributed by atoms with Gasteiger partial charge in [0.2, 0.25) is 10.0 Å². The summed E-state index contributed by atoms with van der Waals surface area (Å²) >= 11 is 0. The number of aryl methyl sites for hydroxylation is 1. The molecule has 2 amide bonds. The first-order chi connectivity index (χ1) is 14.2. The largest absolute Gasteiger partial charge is 0.497 e.